The van der Waals surface area contributed by atoms with Crippen molar-refractivity contribution < 1.29 is 22.3 Å². The van der Waals surface area contributed by atoms with Crippen molar-refractivity contribution in [2.24, 2.45) is 0 Å². The first-order valence-electron chi connectivity index (χ1n) is 9.15. The van der Waals surface area contributed by atoms with Gasteiger partial charge in [0.2, 0.25) is 0 Å². The van der Waals surface area contributed by atoms with Crippen molar-refractivity contribution in [2.45, 2.75) is 6.61 Å². The first-order chi connectivity index (χ1) is 15.0. The summed E-state index contributed by atoms with van der Waals surface area (Å²) in [6.07, 6.45) is 3.21. The molecule has 4 aromatic rings. The third-order valence-corrected chi connectivity index (χ3v) is 4.56. The van der Waals surface area contributed by atoms with Gasteiger partial charge in [-0.2, -0.15) is 0 Å². The number of aromatic nitrogens is 2. The zero-order valence-electron chi connectivity index (χ0n) is 16.2. The molecule has 1 aromatic heterocycles. The van der Waals surface area contributed by atoms with Crippen molar-refractivity contribution in [1.29, 1.82) is 0 Å². The Balaban J connectivity index is 1.61. The topological polar surface area (TPSA) is 35.0 Å². The molecular weight excluding hydrogens is 408 g/mol. The van der Waals surface area contributed by atoms with E-state index in [1.807, 2.05) is 0 Å². The molecule has 0 saturated carbocycles. The Morgan fingerprint density at radius 2 is 1.61 bits per heavy atom. The van der Waals surface area contributed by atoms with Gasteiger partial charge in [0.25, 0.3) is 0 Å². The second-order valence-corrected chi connectivity index (χ2v) is 6.71. The number of hydrogen-bond donors (Lipinski definition) is 0. The summed E-state index contributed by atoms with van der Waals surface area (Å²) in [6.45, 7) is 0.381. The number of rotatable bonds is 3. The molecule has 1 heterocycles. The molecule has 3 nitrogen and oxygen atoms in total. The third kappa shape index (κ3) is 4.25. The maximum Gasteiger partial charge on any atom is 0.195 e. The van der Waals surface area contributed by atoms with Gasteiger partial charge < -0.3 is 4.74 Å². The van der Waals surface area contributed by atoms with Crippen molar-refractivity contribution >= 4 is 10.8 Å². The van der Waals surface area contributed by atoms with Gasteiger partial charge in [-0.15, -0.1) is 0 Å². The molecule has 0 amide bonds. The lowest BCUT2D eigenvalue weighted by molar-refractivity contribution is 0.184. The van der Waals surface area contributed by atoms with E-state index >= 15 is 0 Å². The van der Waals surface area contributed by atoms with Crippen LogP contribution >= 0.6 is 0 Å². The van der Waals surface area contributed by atoms with E-state index in [9.17, 15) is 17.6 Å². The number of hydrogen-bond acceptors (Lipinski definition) is 3. The highest BCUT2D eigenvalue weighted by atomic mass is 19.2. The minimum atomic E-state index is -1.52. The maximum absolute atomic E-state index is 14.5. The number of methoxy groups -OCH3 is 1. The van der Waals surface area contributed by atoms with Crippen LogP contribution in [0.3, 0.4) is 0 Å². The van der Waals surface area contributed by atoms with Gasteiger partial charge in [-0.05, 0) is 41.8 Å². The Labute approximate surface area is 175 Å². The fraction of sp³-hybridized carbons (Fsp3) is 0.0833. The second-order valence-electron chi connectivity index (χ2n) is 6.71. The summed E-state index contributed by atoms with van der Waals surface area (Å²) in [6, 6.07) is 9.50. The highest BCUT2D eigenvalue weighted by Crippen LogP contribution is 2.24. The molecule has 0 unspecified atom stereocenters. The zero-order chi connectivity index (χ0) is 22.0. The van der Waals surface area contributed by atoms with E-state index in [4.69, 9.17) is 4.74 Å². The molecule has 4 rings (SSSR count). The number of benzene rings is 3. The lowest BCUT2D eigenvalue weighted by atomic mass is 10.1. The van der Waals surface area contributed by atoms with Crippen molar-refractivity contribution in [2.75, 3.05) is 7.11 Å². The van der Waals surface area contributed by atoms with E-state index in [0.717, 1.165) is 11.6 Å². The van der Waals surface area contributed by atoms with Crippen LogP contribution in [-0.4, -0.2) is 17.1 Å². The van der Waals surface area contributed by atoms with Crippen LogP contribution < -0.4 is 0 Å². The average molecular weight is 422 g/mol. The van der Waals surface area contributed by atoms with E-state index in [-0.39, 0.29) is 16.3 Å². The van der Waals surface area contributed by atoms with E-state index in [0.29, 0.717) is 23.6 Å². The second kappa shape index (κ2) is 8.54. The van der Waals surface area contributed by atoms with Crippen LogP contribution in [0, 0.1) is 35.1 Å². The van der Waals surface area contributed by atoms with E-state index in [1.54, 1.807) is 25.6 Å². The Kier molecular flexibility index (Phi) is 5.65. The summed E-state index contributed by atoms with van der Waals surface area (Å²) >= 11 is 0. The highest BCUT2D eigenvalue weighted by molar-refractivity contribution is 5.84. The van der Waals surface area contributed by atoms with Crippen LogP contribution in [0.15, 0.2) is 54.9 Å². The van der Waals surface area contributed by atoms with Crippen molar-refractivity contribution in [3.05, 3.63) is 94.8 Å². The summed E-state index contributed by atoms with van der Waals surface area (Å²) in [5.41, 5.74) is 1.83. The van der Waals surface area contributed by atoms with Crippen LogP contribution in [0.2, 0.25) is 0 Å². The summed E-state index contributed by atoms with van der Waals surface area (Å²) in [7, 11) is 1.57. The molecule has 0 aliphatic heterocycles. The molecule has 154 valence electrons. The van der Waals surface area contributed by atoms with Crippen molar-refractivity contribution in [1.82, 2.24) is 9.97 Å². The molecule has 0 atom stereocenters. The van der Waals surface area contributed by atoms with Crippen molar-refractivity contribution in [3.63, 3.8) is 0 Å². The minimum Gasteiger partial charge on any atom is -0.380 e. The highest BCUT2D eigenvalue weighted by Gasteiger charge is 2.13. The first kappa shape index (κ1) is 20.5. The molecule has 0 bridgehead atoms. The van der Waals surface area contributed by atoms with Crippen LogP contribution in [0.5, 0.6) is 0 Å². The van der Waals surface area contributed by atoms with Gasteiger partial charge in [-0.1, -0.05) is 17.9 Å². The number of halogens is 4. The van der Waals surface area contributed by atoms with Gasteiger partial charge >= 0.3 is 0 Å². The van der Waals surface area contributed by atoms with Gasteiger partial charge in [0.1, 0.15) is 5.82 Å². The van der Waals surface area contributed by atoms with Crippen LogP contribution in [-0.2, 0) is 11.3 Å². The molecule has 0 spiro atoms. The smallest absolute Gasteiger partial charge is 0.195 e. The molecule has 0 fully saturated rings. The summed E-state index contributed by atoms with van der Waals surface area (Å²) in [5.74, 6) is 1.19. The SMILES string of the molecule is COCc1cnc(-c2ccc(C#Cc3ccc4c(F)c(F)c(F)cc4c3)c(F)c2)nc1. The van der Waals surface area contributed by atoms with Gasteiger partial charge in [0.15, 0.2) is 23.3 Å². The number of fused-ring (bicyclic) bond motifs is 1. The zero-order valence-corrected chi connectivity index (χ0v) is 16.2. The van der Waals surface area contributed by atoms with Crippen LogP contribution in [0.1, 0.15) is 16.7 Å². The molecule has 0 N–H and O–H groups in total. The molecule has 0 saturated heterocycles. The fourth-order valence-corrected chi connectivity index (χ4v) is 3.02. The van der Waals surface area contributed by atoms with Gasteiger partial charge in [-0.3, -0.25) is 0 Å². The van der Waals surface area contributed by atoms with Gasteiger partial charge in [0.05, 0.1) is 12.2 Å². The van der Waals surface area contributed by atoms with Gasteiger partial charge in [0, 0.05) is 41.6 Å². The summed E-state index contributed by atoms with van der Waals surface area (Å²) < 4.78 is 60.2. The average Bonchev–Trinajstić information content (AvgIpc) is 2.77. The standard InChI is InChI=1S/C24H14F4N2O/c1-31-13-15-11-29-24(30-12-15)17-6-5-16(20(25)9-17)4-2-14-3-7-19-18(8-14)10-21(26)23(28)22(19)27/h3,5-12H,13H2,1H3. The molecule has 0 radical (unpaired) electrons. The normalized spacial score (nSPS) is 10.7. The summed E-state index contributed by atoms with van der Waals surface area (Å²) in [5, 5.41) is 0.101. The monoisotopic (exact) mass is 422 g/mol. The van der Waals surface area contributed by atoms with Crippen LogP contribution in [0.25, 0.3) is 22.2 Å². The molecular formula is C24H14F4N2O. The molecule has 3 aromatic carbocycles. The molecule has 7 heteroatoms. The van der Waals surface area contributed by atoms with E-state index in [2.05, 4.69) is 21.8 Å². The summed E-state index contributed by atoms with van der Waals surface area (Å²) in [4.78, 5) is 8.40. The fourth-order valence-electron chi connectivity index (χ4n) is 3.02. The minimum absolute atomic E-state index is 0.0588. The van der Waals surface area contributed by atoms with E-state index in [1.165, 1.54) is 30.3 Å². The Morgan fingerprint density at radius 1 is 0.839 bits per heavy atom. The number of nitrogens with zero attached hydrogens (tertiary/aromatic N) is 2. The van der Waals surface area contributed by atoms with Crippen molar-refractivity contribution in [3.8, 4) is 23.2 Å². The predicted molar refractivity (Wildman–Crippen MR) is 108 cm³/mol. The third-order valence-electron chi connectivity index (χ3n) is 4.56. The Morgan fingerprint density at radius 3 is 2.32 bits per heavy atom. The number of ether oxygens (including phenoxy) is 1. The largest absolute Gasteiger partial charge is 0.380 e. The molecule has 31 heavy (non-hydrogen) atoms. The first-order valence-corrected chi connectivity index (χ1v) is 9.15. The Bertz CT molecular complexity index is 1340. The van der Waals surface area contributed by atoms with Gasteiger partial charge in [-0.25, -0.2) is 27.5 Å². The lowest BCUT2D eigenvalue weighted by Crippen LogP contribution is -1.95. The predicted octanol–water partition coefficient (Wildman–Crippen LogP) is 5.40. The van der Waals surface area contributed by atoms with E-state index < -0.39 is 23.3 Å². The lowest BCUT2D eigenvalue weighted by Gasteiger charge is -2.04. The maximum atomic E-state index is 14.5. The quantitative estimate of drug-likeness (QED) is 0.252. The van der Waals surface area contributed by atoms with Crippen LogP contribution in [0.4, 0.5) is 17.6 Å². The Hall–Kier alpha value is -3.76. The molecule has 0 aliphatic carbocycles. The molecule has 0 aliphatic rings.